The molecule has 0 fully saturated rings. The summed E-state index contributed by atoms with van der Waals surface area (Å²) in [6, 6.07) is 9.84. The minimum absolute atomic E-state index is 0.0306. The summed E-state index contributed by atoms with van der Waals surface area (Å²) in [6.07, 6.45) is 28.6. The molecule has 1 aromatic carbocycles. The van der Waals surface area contributed by atoms with E-state index in [2.05, 4.69) is 52.0 Å². The van der Waals surface area contributed by atoms with Crippen molar-refractivity contribution < 1.29 is 0 Å². The topological polar surface area (TPSA) is 0 Å². The number of hydrogen-bond donors (Lipinski definition) is 0. The molecule has 32 heavy (non-hydrogen) atoms. The third-order valence-corrected chi connectivity index (χ3v) is 12.4. The summed E-state index contributed by atoms with van der Waals surface area (Å²) in [5.74, 6) is 0. The molecule has 0 amide bonds. The summed E-state index contributed by atoms with van der Waals surface area (Å²) in [7, 11) is 0.0611. The fraction of sp³-hybridized carbons (Fsp3) is 0.800. The van der Waals surface area contributed by atoms with Gasteiger partial charge in [-0.1, -0.05) is 145 Å². The summed E-state index contributed by atoms with van der Waals surface area (Å²) in [4.78, 5) is 0. The zero-order valence-electron chi connectivity index (χ0n) is 22.3. The summed E-state index contributed by atoms with van der Waals surface area (Å²) in [6.45, 7) is 9.36. The van der Waals surface area contributed by atoms with Crippen LogP contribution >= 0.6 is 15.8 Å². The maximum Gasteiger partial charge on any atom is -0.0164 e. The molecule has 0 bridgehead atoms. The molecule has 0 aromatic heterocycles. The fourth-order valence-corrected chi connectivity index (χ4v) is 10.7. The maximum atomic E-state index is 2.56. The van der Waals surface area contributed by atoms with Gasteiger partial charge in [0, 0.05) is 0 Å². The van der Waals surface area contributed by atoms with Crippen LogP contribution in [0, 0.1) is 0 Å². The van der Waals surface area contributed by atoms with E-state index in [0.717, 1.165) is 0 Å². The van der Waals surface area contributed by atoms with Gasteiger partial charge in [0.1, 0.15) is 0 Å². The van der Waals surface area contributed by atoms with Gasteiger partial charge in [0.2, 0.25) is 0 Å². The lowest BCUT2D eigenvalue weighted by Gasteiger charge is -2.27. The van der Waals surface area contributed by atoms with E-state index in [1.165, 1.54) is 127 Å². The quantitative estimate of drug-likeness (QED) is 0.115. The van der Waals surface area contributed by atoms with Gasteiger partial charge < -0.3 is 0 Å². The number of benzene rings is 1. The van der Waals surface area contributed by atoms with Crippen molar-refractivity contribution in [1.82, 2.24) is 0 Å². The molecule has 1 aromatic rings. The van der Waals surface area contributed by atoms with Crippen LogP contribution in [0.5, 0.6) is 0 Å². The highest BCUT2D eigenvalue weighted by Crippen LogP contribution is 2.43. The highest BCUT2D eigenvalue weighted by molar-refractivity contribution is 7.72. The van der Waals surface area contributed by atoms with Crippen molar-refractivity contribution in [2.24, 2.45) is 0 Å². The summed E-state index contributed by atoms with van der Waals surface area (Å²) < 4.78 is 0. The first-order valence-corrected chi connectivity index (χ1v) is 17.8. The van der Waals surface area contributed by atoms with Crippen molar-refractivity contribution >= 4 is 26.5 Å². The van der Waals surface area contributed by atoms with Gasteiger partial charge >= 0.3 is 0 Å². The summed E-state index contributed by atoms with van der Waals surface area (Å²) >= 11 is 0. The molecule has 186 valence electrons. The number of rotatable bonds is 22. The zero-order valence-corrected chi connectivity index (χ0v) is 24.1. The predicted octanol–water partition coefficient (Wildman–Crippen LogP) is 10.2. The molecule has 1 rings (SSSR count). The Bertz CT molecular complexity index is 456. The molecule has 0 saturated carbocycles. The first-order valence-electron chi connectivity index (χ1n) is 14.4. The second kappa shape index (κ2) is 21.6. The van der Waals surface area contributed by atoms with Gasteiger partial charge in [-0.25, -0.2) is 0 Å². The van der Waals surface area contributed by atoms with Gasteiger partial charge in [0.05, 0.1) is 0 Å². The van der Waals surface area contributed by atoms with E-state index in [0.29, 0.717) is 0 Å². The minimum Gasteiger partial charge on any atom is -0.0746 e. The van der Waals surface area contributed by atoms with E-state index in [4.69, 9.17) is 0 Å². The van der Waals surface area contributed by atoms with Crippen LogP contribution in [0.25, 0.3) is 0 Å². The largest absolute Gasteiger partial charge is 0.0746 e. The molecule has 0 nitrogen and oxygen atoms in total. The van der Waals surface area contributed by atoms with Gasteiger partial charge in [0.15, 0.2) is 0 Å². The highest BCUT2D eigenvalue weighted by Gasteiger charge is 2.20. The van der Waals surface area contributed by atoms with Crippen LogP contribution in [0.2, 0.25) is 0 Å². The van der Waals surface area contributed by atoms with Gasteiger partial charge in [-0.15, -0.1) is 0 Å². The van der Waals surface area contributed by atoms with Gasteiger partial charge in [-0.3, -0.25) is 0 Å². The van der Waals surface area contributed by atoms with E-state index >= 15 is 0 Å². The van der Waals surface area contributed by atoms with Crippen LogP contribution in [0.15, 0.2) is 24.3 Å². The SMILES string of the molecule is CCCCCCP(CCCCCC)c1ccccc1P(CCCCCC)CCCCCC. The Morgan fingerprint density at radius 3 is 0.938 bits per heavy atom. The monoisotopic (exact) mass is 478 g/mol. The van der Waals surface area contributed by atoms with Crippen molar-refractivity contribution in [3.05, 3.63) is 24.3 Å². The predicted molar refractivity (Wildman–Crippen MR) is 156 cm³/mol. The van der Waals surface area contributed by atoms with E-state index < -0.39 is 0 Å². The van der Waals surface area contributed by atoms with Crippen LogP contribution in [-0.4, -0.2) is 24.6 Å². The Morgan fingerprint density at radius 2 is 0.688 bits per heavy atom. The van der Waals surface area contributed by atoms with E-state index in [1.54, 1.807) is 0 Å². The molecule has 0 unspecified atom stereocenters. The average Bonchev–Trinajstić information content (AvgIpc) is 2.82. The molecular weight excluding hydrogens is 422 g/mol. The Morgan fingerprint density at radius 1 is 0.406 bits per heavy atom. The fourth-order valence-electron chi connectivity index (χ4n) is 4.62. The maximum absolute atomic E-state index is 2.56. The average molecular weight is 479 g/mol. The molecule has 2 heteroatoms. The van der Waals surface area contributed by atoms with Crippen LogP contribution < -0.4 is 10.6 Å². The van der Waals surface area contributed by atoms with Crippen molar-refractivity contribution in [3.8, 4) is 0 Å². The van der Waals surface area contributed by atoms with Crippen molar-refractivity contribution in [2.75, 3.05) is 24.6 Å². The molecule has 0 aliphatic rings. The molecular formula is C30H56P2. The molecule has 0 spiro atoms. The Kier molecular flexibility index (Phi) is 20.3. The smallest absolute Gasteiger partial charge is 0.0164 e. The van der Waals surface area contributed by atoms with Crippen LogP contribution in [0.3, 0.4) is 0 Å². The van der Waals surface area contributed by atoms with Crippen LogP contribution in [-0.2, 0) is 0 Å². The van der Waals surface area contributed by atoms with Gasteiger partial charge in [-0.2, -0.15) is 0 Å². The third kappa shape index (κ3) is 13.7. The van der Waals surface area contributed by atoms with E-state index in [9.17, 15) is 0 Å². The highest BCUT2D eigenvalue weighted by atomic mass is 31.1. The zero-order chi connectivity index (χ0) is 23.3. The molecule has 0 saturated heterocycles. The lowest BCUT2D eigenvalue weighted by Crippen LogP contribution is -2.25. The second-order valence-corrected chi connectivity index (χ2v) is 14.6. The van der Waals surface area contributed by atoms with Crippen LogP contribution in [0.4, 0.5) is 0 Å². The Balaban J connectivity index is 2.95. The lowest BCUT2D eigenvalue weighted by molar-refractivity contribution is 0.696. The molecule has 0 heterocycles. The third-order valence-electron chi connectivity index (χ3n) is 6.69. The summed E-state index contributed by atoms with van der Waals surface area (Å²) in [5.41, 5.74) is 0. The minimum atomic E-state index is 0.0306. The van der Waals surface area contributed by atoms with E-state index in [-0.39, 0.29) is 15.8 Å². The number of hydrogen-bond acceptors (Lipinski definition) is 0. The van der Waals surface area contributed by atoms with Crippen molar-refractivity contribution in [1.29, 1.82) is 0 Å². The van der Waals surface area contributed by atoms with Gasteiger partial charge in [0.25, 0.3) is 0 Å². The molecule has 0 atom stereocenters. The summed E-state index contributed by atoms with van der Waals surface area (Å²) in [5, 5.41) is 3.65. The number of unbranched alkanes of at least 4 members (excludes halogenated alkanes) is 12. The van der Waals surface area contributed by atoms with Crippen molar-refractivity contribution in [2.45, 2.75) is 130 Å². The van der Waals surface area contributed by atoms with E-state index in [1.807, 2.05) is 10.6 Å². The van der Waals surface area contributed by atoms with Gasteiger partial charge in [-0.05, 0) is 60.9 Å². The normalized spacial score (nSPS) is 11.7. The first-order chi connectivity index (χ1) is 15.8. The van der Waals surface area contributed by atoms with Crippen LogP contribution in [0.1, 0.15) is 130 Å². The molecule has 0 aliphatic heterocycles. The lowest BCUT2D eigenvalue weighted by atomic mass is 10.2. The molecule has 0 aliphatic carbocycles. The Hall–Kier alpha value is 0.0800. The molecule has 0 radical (unpaired) electrons. The Labute approximate surface area is 205 Å². The first kappa shape index (κ1) is 30.1. The van der Waals surface area contributed by atoms with Crippen molar-refractivity contribution in [3.63, 3.8) is 0 Å². The standard InChI is InChI=1S/C30H56P2/c1-5-9-13-19-25-31(26-20-14-10-6-2)29-23-17-18-24-30(29)32(27-21-15-11-7-3)28-22-16-12-8-4/h17-18,23-24H,5-16,19-22,25-28H2,1-4H3. The molecule has 0 N–H and O–H groups in total. The second-order valence-electron chi connectivity index (χ2n) is 9.71.